The van der Waals surface area contributed by atoms with Gasteiger partial charge in [-0.1, -0.05) is 0 Å². The normalized spacial score (nSPS) is 15.0. The zero-order valence-electron chi connectivity index (χ0n) is 14.0. The summed E-state index contributed by atoms with van der Waals surface area (Å²) in [5, 5.41) is 6.54. The number of halogens is 7. The molecule has 0 saturated heterocycles. The minimum absolute atomic E-state index is 0. The Kier molecular flexibility index (Phi) is 6.24. The number of rotatable bonds is 3. The highest BCUT2D eigenvalue weighted by Gasteiger charge is 2.40. The number of hydrogen-bond donors (Lipinski definition) is 1. The van der Waals surface area contributed by atoms with Crippen molar-refractivity contribution in [3.8, 4) is 0 Å². The van der Waals surface area contributed by atoms with Crippen LogP contribution in [0.5, 0.6) is 0 Å². The first-order valence-electron chi connectivity index (χ1n) is 7.75. The fourth-order valence-corrected chi connectivity index (χ4v) is 2.83. The van der Waals surface area contributed by atoms with E-state index in [0.717, 1.165) is 9.47 Å². The van der Waals surface area contributed by atoms with E-state index in [1.54, 1.807) is 0 Å². The van der Waals surface area contributed by atoms with Crippen molar-refractivity contribution in [2.75, 3.05) is 6.54 Å². The fourth-order valence-electron chi connectivity index (χ4n) is 2.83. The lowest BCUT2D eigenvalue weighted by atomic mass is 10.0. The summed E-state index contributed by atoms with van der Waals surface area (Å²) >= 11 is 0. The van der Waals surface area contributed by atoms with Crippen LogP contribution in [0.25, 0.3) is 0 Å². The first-order valence-corrected chi connectivity index (χ1v) is 7.75. The molecule has 0 bridgehead atoms. The average molecular weight is 430 g/mol. The zero-order valence-corrected chi connectivity index (χ0v) is 14.8. The molecule has 13 heteroatoms. The molecule has 2 N–H and O–H groups in total. The molecular weight excluding hydrogens is 416 g/mol. The molecule has 1 amide bonds. The quantitative estimate of drug-likeness (QED) is 0.598. The van der Waals surface area contributed by atoms with Crippen molar-refractivity contribution < 1.29 is 31.1 Å². The molecule has 1 aromatic heterocycles. The number of nitrogens with zero attached hydrogens (tertiary/aromatic N) is 4. The van der Waals surface area contributed by atoms with E-state index in [0.29, 0.717) is 12.1 Å². The van der Waals surface area contributed by atoms with Crippen LogP contribution in [0.3, 0.4) is 0 Å². The Labute approximate surface area is 160 Å². The van der Waals surface area contributed by atoms with Gasteiger partial charge in [-0.05, 0) is 18.1 Å². The number of fused-ring (bicyclic) bond motifs is 1. The Balaban J connectivity index is 0.00000280. The molecule has 0 saturated carbocycles. The third-order valence-electron chi connectivity index (χ3n) is 4.16. The smallest absolute Gasteiger partial charge is 0.332 e. The van der Waals surface area contributed by atoms with Crippen LogP contribution in [-0.2, 0) is 30.5 Å². The predicted molar refractivity (Wildman–Crippen MR) is 85.7 cm³/mol. The summed E-state index contributed by atoms with van der Waals surface area (Å²) in [5.41, 5.74) is 5.45. The Hall–Kier alpha value is -2.34. The average Bonchev–Trinajstić information content (AvgIpc) is 3.02. The molecule has 0 unspecified atom stereocenters. The summed E-state index contributed by atoms with van der Waals surface area (Å²) in [6, 6.07) is -0.328. The molecule has 154 valence electrons. The van der Waals surface area contributed by atoms with Crippen LogP contribution in [0.1, 0.15) is 17.2 Å². The minimum atomic E-state index is -4.67. The minimum Gasteiger partial charge on any atom is -0.332 e. The van der Waals surface area contributed by atoms with Crippen LogP contribution in [0.2, 0.25) is 0 Å². The zero-order chi connectivity index (χ0) is 19.9. The van der Waals surface area contributed by atoms with Crippen LogP contribution >= 0.6 is 12.4 Å². The number of carbonyl (C=O) groups excluding carboxylic acids is 1. The van der Waals surface area contributed by atoms with Crippen LogP contribution in [0, 0.1) is 17.5 Å². The highest BCUT2D eigenvalue weighted by Crippen LogP contribution is 2.29. The fraction of sp³-hybridized carbons (Fsp3) is 0.400. The third-order valence-corrected chi connectivity index (χ3v) is 4.16. The molecule has 2 heterocycles. The van der Waals surface area contributed by atoms with Crippen LogP contribution < -0.4 is 5.73 Å². The lowest BCUT2D eigenvalue weighted by molar-refractivity contribution is -0.148. The molecule has 2 aromatic rings. The van der Waals surface area contributed by atoms with Gasteiger partial charge in [-0.25, -0.2) is 13.2 Å². The van der Waals surface area contributed by atoms with Crippen molar-refractivity contribution in [2.24, 2.45) is 5.73 Å². The van der Waals surface area contributed by atoms with E-state index in [2.05, 4.69) is 10.2 Å². The van der Waals surface area contributed by atoms with Gasteiger partial charge >= 0.3 is 6.18 Å². The van der Waals surface area contributed by atoms with Gasteiger partial charge in [-0.15, -0.1) is 22.6 Å². The van der Waals surface area contributed by atoms with Gasteiger partial charge in [0.2, 0.25) is 11.7 Å². The molecule has 28 heavy (non-hydrogen) atoms. The highest BCUT2D eigenvalue weighted by atomic mass is 35.5. The van der Waals surface area contributed by atoms with E-state index in [4.69, 9.17) is 5.73 Å². The molecule has 6 nitrogen and oxygen atoms in total. The van der Waals surface area contributed by atoms with Gasteiger partial charge in [0, 0.05) is 19.2 Å². The number of hydrogen-bond acceptors (Lipinski definition) is 4. The van der Waals surface area contributed by atoms with Gasteiger partial charge in [-0.3, -0.25) is 4.79 Å². The van der Waals surface area contributed by atoms with Gasteiger partial charge < -0.3 is 15.2 Å². The van der Waals surface area contributed by atoms with Crippen molar-refractivity contribution in [1.82, 2.24) is 19.7 Å². The van der Waals surface area contributed by atoms with E-state index in [9.17, 15) is 31.1 Å². The summed E-state index contributed by atoms with van der Waals surface area (Å²) in [7, 11) is 0. The molecule has 0 spiro atoms. The highest BCUT2D eigenvalue weighted by molar-refractivity contribution is 5.85. The SMILES string of the molecule is Cl.N[C@H](Cc1cc(F)c(F)cc1F)C(=O)N1CCn2c(nnc2C(F)(F)F)C1. The van der Waals surface area contributed by atoms with Gasteiger partial charge in [0.25, 0.3) is 0 Å². The largest absolute Gasteiger partial charge is 0.451 e. The van der Waals surface area contributed by atoms with E-state index in [1.165, 1.54) is 0 Å². The molecule has 1 aliphatic rings. The Morgan fingerprint density at radius 2 is 1.75 bits per heavy atom. The van der Waals surface area contributed by atoms with E-state index in [-0.39, 0.29) is 43.4 Å². The maximum absolute atomic E-state index is 13.7. The molecule has 3 rings (SSSR count). The van der Waals surface area contributed by atoms with Crippen molar-refractivity contribution in [3.05, 3.63) is 46.8 Å². The van der Waals surface area contributed by atoms with Crippen molar-refractivity contribution in [2.45, 2.75) is 31.7 Å². The van der Waals surface area contributed by atoms with Gasteiger partial charge in [-0.2, -0.15) is 13.2 Å². The van der Waals surface area contributed by atoms with Crippen LogP contribution in [0.15, 0.2) is 12.1 Å². The standard InChI is InChI=1S/C15H13F6N5O.ClH/c16-8-5-10(18)9(17)3-7(8)4-11(22)13(27)25-1-2-26-12(6-25)23-24-14(26)15(19,20)21;/h3,5,11H,1-2,4,6,22H2;1H/t11-;/m1./s1. The summed E-state index contributed by atoms with van der Waals surface area (Å²) in [4.78, 5) is 13.6. The first-order chi connectivity index (χ1) is 12.6. The maximum atomic E-state index is 13.7. The number of alkyl halides is 3. The molecule has 0 aliphatic carbocycles. The van der Waals surface area contributed by atoms with Crippen molar-refractivity contribution in [1.29, 1.82) is 0 Å². The number of benzene rings is 1. The second-order valence-corrected chi connectivity index (χ2v) is 6.02. The third kappa shape index (κ3) is 4.22. The van der Waals surface area contributed by atoms with Crippen molar-refractivity contribution in [3.63, 3.8) is 0 Å². The monoisotopic (exact) mass is 429 g/mol. The Bertz CT molecular complexity index is 887. The summed E-state index contributed by atoms with van der Waals surface area (Å²) in [6.07, 6.45) is -5.07. The lowest BCUT2D eigenvalue weighted by Crippen LogP contribution is -2.48. The van der Waals surface area contributed by atoms with E-state index in [1.807, 2.05) is 0 Å². The summed E-state index contributed by atoms with van der Waals surface area (Å²) < 4.78 is 79.2. The summed E-state index contributed by atoms with van der Waals surface area (Å²) in [5.74, 6) is -5.60. The number of carbonyl (C=O) groups is 1. The molecule has 1 aliphatic heterocycles. The van der Waals surface area contributed by atoms with Gasteiger partial charge in [0.05, 0.1) is 12.6 Å². The Morgan fingerprint density at radius 1 is 1.11 bits per heavy atom. The van der Waals surface area contributed by atoms with Gasteiger partial charge in [0.15, 0.2) is 17.5 Å². The number of aromatic nitrogens is 3. The maximum Gasteiger partial charge on any atom is 0.451 e. The van der Waals surface area contributed by atoms with Gasteiger partial charge in [0.1, 0.15) is 5.82 Å². The summed E-state index contributed by atoms with van der Waals surface area (Å²) in [6.45, 7) is -0.522. The number of amides is 1. The molecule has 1 atom stereocenters. The van der Waals surface area contributed by atoms with Crippen LogP contribution in [-0.4, -0.2) is 38.2 Å². The first kappa shape index (κ1) is 22.0. The lowest BCUT2D eigenvalue weighted by Gasteiger charge is -2.30. The van der Waals surface area contributed by atoms with Crippen molar-refractivity contribution >= 4 is 18.3 Å². The van der Waals surface area contributed by atoms with E-state index < -0.39 is 47.8 Å². The predicted octanol–water partition coefficient (Wildman–Crippen LogP) is 2.05. The second-order valence-electron chi connectivity index (χ2n) is 6.02. The topological polar surface area (TPSA) is 77.0 Å². The molecule has 1 aromatic carbocycles. The molecule has 0 radical (unpaired) electrons. The van der Waals surface area contributed by atoms with E-state index >= 15 is 0 Å². The van der Waals surface area contributed by atoms with Crippen LogP contribution in [0.4, 0.5) is 26.3 Å². The Morgan fingerprint density at radius 3 is 2.39 bits per heavy atom. The molecular formula is C15H14ClF6N5O. The molecule has 0 fully saturated rings. The number of nitrogens with two attached hydrogens (primary N) is 1. The second kappa shape index (κ2) is 7.95.